The average Bonchev–Trinajstić information content (AvgIpc) is 2.43. The molecule has 0 atom stereocenters. The van der Waals surface area contributed by atoms with Crippen LogP contribution in [-0.4, -0.2) is 10.7 Å². The van der Waals surface area contributed by atoms with Crippen molar-refractivity contribution in [2.45, 2.75) is 6.92 Å². The van der Waals surface area contributed by atoms with E-state index < -0.39 is 4.92 Å². The largest absolute Gasteiger partial charge is 0.457 e. The average molecular weight is 326 g/mol. The van der Waals surface area contributed by atoms with E-state index in [1.165, 1.54) is 31.2 Å². The van der Waals surface area contributed by atoms with E-state index in [1.54, 1.807) is 12.1 Å². The zero-order chi connectivity index (χ0) is 15.6. The van der Waals surface area contributed by atoms with Gasteiger partial charge in [0, 0.05) is 18.2 Å². The number of rotatable bonds is 4. The molecule has 2 aromatic carbocycles. The van der Waals surface area contributed by atoms with Crippen LogP contribution in [-0.2, 0) is 0 Å². The third-order valence-corrected chi connectivity index (χ3v) is 3.41. The zero-order valence-corrected chi connectivity index (χ0v) is 12.3. The Kier molecular flexibility index (Phi) is 4.45. The predicted molar refractivity (Wildman–Crippen MR) is 79.6 cm³/mol. The van der Waals surface area contributed by atoms with E-state index in [-0.39, 0.29) is 22.8 Å². The summed E-state index contributed by atoms with van der Waals surface area (Å²) in [6.07, 6.45) is 0. The molecular weight excluding hydrogens is 317 g/mol. The minimum absolute atomic E-state index is 0.121. The lowest BCUT2D eigenvalue weighted by atomic mass is 10.1. The molecule has 0 unspecified atom stereocenters. The number of halogens is 2. The normalized spacial score (nSPS) is 10.2. The van der Waals surface area contributed by atoms with Gasteiger partial charge in [-0.3, -0.25) is 14.9 Å². The predicted octanol–water partition coefficient (Wildman–Crippen LogP) is 4.90. The smallest absolute Gasteiger partial charge is 0.270 e. The van der Waals surface area contributed by atoms with Gasteiger partial charge in [0.25, 0.3) is 5.69 Å². The minimum Gasteiger partial charge on any atom is -0.457 e. The van der Waals surface area contributed by atoms with E-state index in [2.05, 4.69) is 0 Å². The van der Waals surface area contributed by atoms with Crippen LogP contribution in [0.1, 0.15) is 17.3 Å². The number of benzene rings is 2. The van der Waals surface area contributed by atoms with Gasteiger partial charge in [0.05, 0.1) is 20.5 Å². The van der Waals surface area contributed by atoms with Crippen LogP contribution in [0.15, 0.2) is 36.4 Å². The third-order valence-electron chi connectivity index (χ3n) is 2.67. The Morgan fingerprint density at radius 2 is 1.86 bits per heavy atom. The third kappa shape index (κ3) is 3.51. The Morgan fingerprint density at radius 1 is 1.14 bits per heavy atom. The lowest BCUT2D eigenvalue weighted by molar-refractivity contribution is -0.384. The second-order valence-electron chi connectivity index (χ2n) is 4.17. The van der Waals surface area contributed by atoms with Gasteiger partial charge in [-0.05, 0) is 25.1 Å². The number of nitrogens with zero attached hydrogens (tertiary/aromatic N) is 1. The van der Waals surface area contributed by atoms with Crippen molar-refractivity contribution in [2.24, 2.45) is 0 Å². The molecule has 21 heavy (non-hydrogen) atoms. The molecule has 0 fully saturated rings. The van der Waals surface area contributed by atoms with Gasteiger partial charge in [-0.2, -0.15) is 0 Å². The van der Waals surface area contributed by atoms with E-state index in [1.807, 2.05) is 0 Å². The number of carbonyl (C=O) groups is 1. The van der Waals surface area contributed by atoms with Crippen LogP contribution in [0.3, 0.4) is 0 Å². The standard InChI is InChI=1S/C14H9Cl2NO4/c1-8(18)11-6-9(17(19)20)2-5-14(11)21-10-3-4-12(15)13(16)7-10/h2-7H,1H3. The number of ketones is 1. The van der Waals surface area contributed by atoms with E-state index >= 15 is 0 Å². The van der Waals surface area contributed by atoms with Crippen molar-refractivity contribution in [1.82, 2.24) is 0 Å². The van der Waals surface area contributed by atoms with Crippen LogP contribution < -0.4 is 4.74 Å². The van der Waals surface area contributed by atoms with Gasteiger partial charge >= 0.3 is 0 Å². The van der Waals surface area contributed by atoms with Gasteiger partial charge in [0.2, 0.25) is 0 Å². The monoisotopic (exact) mass is 325 g/mol. The minimum atomic E-state index is -0.574. The van der Waals surface area contributed by atoms with Crippen molar-refractivity contribution in [1.29, 1.82) is 0 Å². The van der Waals surface area contributed by atoms with Gasteiger partial charge in [-0.25, -0.2) is 0 Å². The molecule has 0 aliphatic rings. The number of hydrogen-bond acceptors (Lipinski definition) is 4. The molecule has 0 aliphatic heterocycles. The molecule has 108 valence electrons. The van der Waals surface area contributed by atoms with Crippen molar-refractivity contribution < 1.29 is 14.5 Å². The van der Waals surface area contributed by atoms with Crippen LogP contribution in [0.25, 0.3) is 0 Å². The van der Waals surface area contributed by atoms with Crippen LogP contribution in [0, 0.1) is 10.1 Å². The fourth-order valence-electron chi connectivity index (χ4n) is 1.66. The fourth-order valence-corrected chi connectivity index (χ4v) is 1.95. The molecular formula is C14H9Cl2NO4. The summed E-state index contributed by atoms with van der Waals surface area (Å²) in [4.78, 5) is 21.8. The van der Waals surface area contributed by atoms with Crippen molar-refractivity contribution in [2.75, 3.05) is 0 Å². The molecule has 0 radical (unpaired) electrons. The highest BCUT2D eigenvalue weighted by Crippen LogP contribution is 2.32. The van der Waals surface area contributed by atoms with Gasteiger partial charge in [-0.1, -0.05) is 23.2 Å². The van der Waals surface area contributed by atoms with Crippen LogP contribution >= 0.6 is 23.2 Å². The molecule has 0 saturated carbocycles. The Hall–Kier alpha value is -2.11. The number of Topliss-reactive ketones (excluding diaryl/α,β-unsaturated/α-hetero) is 1. The fraction of sp³-hybridized carbons (Fsp3) is 0.0714. The molecule has 0 aliphatic carbocycles. The molecule has 0 aromatic heterocycles. The van der Waals surface area contributed by atoms with E-state index in [9.17, 15) is 14.9 Å². The molecule has 2 aromatic rings. The number of ether oxygens (including phenoxy) is 1. The summed E-state index contributed by atoms with van der Waals surface area (Å²) in [6.45, 7) is 1.31. The second-order valence-corrected chi connectivity index (χ2v) is 4.99. The summed E-state index contributed by atoms with van der Waals surface area (Å²) in [5, 5.41) is 11.4. The summed E-state index contributed by atoms with van der Waals surface area (Å²) >= 11 is 11.7. The van der Waals surface area contributed by atoms with Crippen molar-refractivity contribution in [3.63, 3.8) is 0 Å². The highest BCUT2D eigenvalue weighted by molar-refractivity contribution is 6.42. The number of nitro groups is 1. The SMILES string of the molecule is CC(=O)c1cc([N+](=O)[O-])ccc1Oc1ccc(Cl)c(Cl)c1. The van der Waals surface area contributed by atoms with E-state index in [0.717, 1.165) is 0 Å². The van der Waals surface area contributed by atoms with Gasteiger partial charge < -0.3 is 4.74 Å². The van der Waals surface area contributed by atoms with Gasteiger partial charge in [0.1, 0.15) is 11.5 Å². The lowest BCUT2D eigenvalue weighted by Gasteiger charge is -2.10. The zero-order valence-electron chi connectivity index (χ0n) is 10.8. The number of carbonyl (C=O) groups excluding carboxylic acids is 1. The number of hydrogen-bond donors (Lipinski definition) is 0. The maximum atomic E-state index is 11.6. The molecule has 7 heteroatoms. The van der Waals surface area contributed by atoms with E-state index in [4.69, 9.17) is 27.9 Å². The second kappa shape index (κ2) is 6.11. The molecule has 0 N–H and O–H groups in total. The van der Waals surface area contributed by atoms with Crippen molar-refractivity contribution in [3.8, 4) is 11.5 Å². The molecule has 2 rings (SSSR count). The van der Waals surface area contributed by atoms with Gasteiger partial charge in [-0.15, -0.1) is 0 Å². The first kappa shape index (κ1) is 15.3. The summed E-state index contributed by atoms with van der Waals surface area (Å²) in [6, 6.07) is 8.44. The van der Waals surface area contributed by atoms with Crippen molar-refractivity contribution >= 4 is 34.7 Å². The first-order valence-electron chi connectivity index (χ1n) is 5.81. The summed E-state index contributed by atoms with van der Waals surface area (Å²) in [7, 11) is 0. The molecule has 0 saturated heterocycles. The molecule has 0 amide bonds. The Morgan fingerprint density at radius 3 is 2.43 bits per heavy atom. The lowest BCUT2D eigenvalue weighted by Crippen LogP contribution is -1.99. The first-order chi connectivity index (χ1) is 9.88. The maximum Gasteiger partial charge on any atom is 0.270 e. The molecule has 0 spiro atoms. The van der Waals surface area contributed by atoms with Crippen LogP contribution in [0.2, 0.25) is 10.0 Å². The molecule has 0 heterocycles. The quantitative estimate of drug-likeness (QED) is 0.455. The maximum absolute atomic E-state index is 11.6. The topological polar surface area (TPSA) is 69.4 Å². The van der Waals surface area contributed by atoms with Gasteiger partial charge in [0.15, 0.2) is 5.78 Å². The number of non-ortho nitro benzene ring substituents is 1. The highest BCUT2D eigenvalue weighted by Gasteiger charge is 2.16. The Bertz CT molecular complexity index is 731. The summed E-state index contributed by atoms with van der Waals surface area (Å²) in [5.74, 6) is 0.251. The van der Waals surface area contributed by atoms with Crippen molar-refractivity contribution in [3.05, 3.63) is 62.1 Å². The van der Waals surface area contributed by atoms with E-state index in [0.29, 0.717) is 15.8 Å². The summed E-state index contributed by atoms with van der Waals surface area (Å²) in [5.41, 5.74) is -0.0584. The molecule has 0 bridgehead atoms. The highest BCUT2D eigenvalue weighted by atomic mass is 35.5. The summed E-state index contributed by atoms with van der Waals surface area (Å²) < 4.78 is 5.55. The Balaban J connectivity index is 2.41. The molecule has 5 nitrogen and oxygen atoms in total. The Labute approximate surface area is 130 Å². The first-order valence-corrected chi connectivity index (χ1v) is 6.56. The van der Waals surface area contributed by atoms with Crippen LogP contribution in [0.5, 0.6) is 11.5 Å². The van der Waals surface area contributed by atoms with Crippen LogP contribution in [0.4, 0.5) is 5.69 Å². The number of nitro benzene ring substituents is 1.